The molecule has 32 heavy (non-hydrogen) atoms. The molecule has 0 aromatic carbocycles. The van der Waals surface area contributed by atoms with Crippen LogP contribution in [0.3, 0.4) is 0 Å². The van der Waals surface area contributed by atoms with Crippen LogP contribution in [0.25, 0.3) is 0 Å². The van der Waals surface area contributed by atoms with Gasteiger partial charge in [0, 0.05) is 20.1 Å². The van der Waals surface area contributed by atoms with E-state index in [0.717, 1.165) is 6.42 Å². The average Bonchev–Trinajstić information content (AvgIpc) is 2.90. The third-order valence-corrected chi connectivity index (χ3v) is 5.73. The number of carbonyl (C=O) groups is 3. The highest BCUT2D eigenvalue weighted by Gasteiger charge is 2.49. The van der Waals surface area contributed by atoms with Gasteiger partial charge in [-0.2, -0.15) is 13.5 Å². The molecule has 13 heteroatoms. The largest absolute Gasteiger partial charge is 0.464 e. The van der Waals surface area contributed by atoms with E-state index in [4.69, 9.17) is 14.0 Å². The number of hydroxylamine groups is 2. The second kappa shape index (κ2) is 10.2. The predicted molar refractivity (Wildman–Crippen MR) is 112 cm³/mol. The molecule has 2 saturated heterocycles. The molecule has 0 spiro atoms. The number of urea groups is 1. The van der Waals surface area contributed by atoms with Crippen molar-refractivity contribution in [1.82, 2.24) is 14.9 Å². The normalized spacial score (nSPS) is 22.0. The summed E-state index contributed by atoms with van der Waals surface area (Å²) in [6, 6.07) is -2.23. The van der Waals surface area contributed by atoms with Crippen molar-refractivity contribution in [2.75, 3.05) is 26.7 Å². The SMILES string of the molecule is CCC(CCN(C)C(=O)OC(C)(C)C)COC(=O)[C@@H]1CC[C@@H]2CN1C(=O)N2OS(=O)(=O)O. The monoisotopic (exact) mass is 479 g/mol. The summed E-state index contributed by atoms with van der Waals surface area (Å²) in [4.78, 5) is 39.8. The third kappa shape index (κ3) is 7.20. The summed E-state index contributed by atoms with van der Waals surface area (Å²) in [5, 5.41) is 0.587. The lowest BCUT2D eigenvalue weighted by Gasteiger charge is -2.29. The first kappa shape index (κ1) is 26.1. The van der Waals surface area contributed by atoms with Crippen LogP contribution in [0.1, 0.15) is 53.4 Å². The molecular formula is C19H33N3O9S. The predicted octanol–water partition coefficient (Wildman–Crippen LogP) is 1.82. The van der Waals surface area contributed by atoms with Crippen molar-refractivity contribution < 1.29 is 41.1 Å². The number of fused-ring (bicyclic) bond motifs is 2. The van der Waals surface area contributed by atoms with E-state index in [9.17, 15) is 22.8 Å². The Morgan fingerprint density at radius 2 is 1.94 bits per heavy atom. The van der Waals surface area contributed by atoms with E-state index in [1.807, 2.05) is 6.92 Å². The van der Waals surface area contributed by atoms with E-state index in [1.165, 1.54) is 9.80 Å². The molecule has 2 fully saturated rings. The van der Waals surface area contributed by atoms with Crippen LogP contribution in [0.5, 0.6) is 0 Å². The summed E-state index contributed by atoms with van der Waals surface area (Å²) in [5.41, 5.74) is -0.584. The molecule has 2 aliphatic rings. The van der Waals surface area contributed by atoms with Crippen LogP contribution in [-0.2, 0) is 29.0 Å². The zero-order chi connectivity index (χ0) is 24.3. The Bertz CT molecular complexity index is 811. The first-order chi connectivity index (χ1) is 14.7. The number of hydrogen-bond acceptors (Lipinski definition) is 8. The Labute approximate surface area is 188 Å². The zero-order valence-corrected chi connectivity index (χ0v) is 20.0. The standard InChI is InChI=1S/C19H33N3O9S/c1-6-13(9-10-20(5)18(25)30-19(2,3)4)12-29-16(23)15-8-7-14-11-21(15)17(24)22(14)31-32(26,27)28/h13-15H,6-12H2,1-5H3,(H,26,27,28)/t13?,14-,15+/m1/s1. The summed E-state index contributed by atoms with van der Waals surface area (Å²) >= 11 is 0. The van der Waals surface area contributed by atoms with Gasteiger partial charge in [0.1, 0.15) is 11.6 Å². The second-order valence-corrected chi connectivity index (χ2v) is 10.1. The van der Waals surface area contributed by atoms with Crippen LogP contribution in [0.15, 0.2) is 0 Å². The van der Waals surface area contributed by atoms with Gasteiger partial charge in [-0.05, 0) is 52.4 Å². The molecule has 12 nitrogen and oxygen atoms in total. The molecule has 0 aromatic heterocycles. The first-order valence-electron chi connectivity index (χ1n) is 10.6. The number of amides is 3. The maximum Gasteiger partial charge on any atom is 0.418 e. The molecule has 0 aliphatic carbocycles. The number of rotatable bonds is 9. The summed E-state index contributed by atoms with van der Waals surface area (Å²) < 4.78 is 45.9. The highest BCUT2D eigenvalue weighted by Crippen LogP contribution is 2.31. The fourth-order valence-corrected chi connectivity index (χ4v) is 3.97. The lowest BCUT2D eigenvalue weighted by atomic mass is 10.0. The number of nitrogens with zero attached hydrogens (tertiary/aromatic N) is 3. The van der Waals surface area contributed by atoms with Gasteiger partial charge in [0.05, 0.1) is 12.6 Å². The van der Waals surface area contributed by atoms with Gasteiger partial charge in [-0.15, -0.1) is 4.28 Å². The van der Waals surface area contributed by atoms with Crippen LogP contribution >= 0.6 is 0 Å². The molecule has 1 unspecified atom stereocenters. The Morgan fingerprint density at radius 3 is 2.50 bits per heavy atom. The van der Waals surface area contributed by atoms with E-state index < -0.39 is 46.2 Å². The van der Waals surface area contributed by atoms with Crippen molar-refractivity contribution >= 4 is 28.5 Å². The summed E-state index contributed by atoms with van der Waals surface area (Å²) in [7, 11) is -3.20. The Balaban J connectivity index is 1.85. The summed E-state index contributed by atoms with van der Waals surface area (Å²) in [6.07, 6.45) is 1.52. The molecule has 3 amide bonds. The zero-order valence-electron chi connectivity index (χ0n) is 19.1. The van der Waals surface area contributed by atoms with Crippen LogP contribution in [0, 0.1) is 5.92 Å². The Hall–Kier alpha value is -2.12. The maximum atomic E-state index is 12.6. The summed E-state index contributed by atoms with van der Waals surface area (Å²) in [5.74, 6) is -0.571. The Morgan fingerprint density at radius 1 is 1.28 bits per heavy atom. The first-order valence-corrected chi connectivity index (χ1v) is 12.0. The van der Waals surface area contributed by atoms with Crippen LogP contribution in [-0.4, -0.2) is 90.4 Å². The smallest absolute Gasteiger partial charge is 0.418 e. The number of carbonyl (C=O) groups excluding carboxylic acids is 3. The number of ether oxygens (including phenoxy) is 2. The van der Waals surface area contributed by atoms with E-state index in [1.54, 1.807) is 27.8 Å². The van der Waals surface area contributed by atoms with E-state index in [2.05, 4.69) is 4.28 Å². The van der Waals surface area contributed by atoms with Gasteiger partial charge in [0.25, 0.3) is 0 Å². The van der Waals surface area contributed by atoms with E-state index >= 15 is 0 Å². The van der Waals surface area contributed by atoms with Crippen LogP contribution in [0.2, 0.25) is 0 Å². The molecule has 0 saturated carbocycles. The van der Waals surface area contributed by atoms with Crippen molar-refractivity contribution in [3.8, 4) is 0 Å². The molecule has 184 valence electrons. The van der Waals surface area contributed by atoms with Gasteiger partial charge in [-0.3, -0.25) is 4.55 Å². The van der Waals surface area contributed by atoms with E-state index in [0.29, 0.717) is 30.9 Å². The van der Waals surface area contributed by atoms with Crippen LogP contribution < -0.4 is 0 Å². The maximum absolute atomic E-state index is 12.6. The van der Waals surface area contributed by atoms with Crippen molar-refractivity contribution in [1.29, 1.82) is 0 Å². The van der Waals surface area contributed by atoms with Crippen molar-refractivity contribution in [3.05, 3.63) is 0 Å². The van der Waals surface area contributed by atoms with E-state index in [-0.39, 0.29) is 19.1 Å². The molecule has 3 atom stereocenters. The Kier molecular flexibility index (Phi) is 8.34. The average molecular weight is 480 g/mol. The minimum atomic E-state index is -4.85. The molecule has 0 radical (unpaired) electrons. The molecular weight excluding hydrogens is 446 g/mol. The number of esters is 1. The summed E-state index contributed by atoms with van der Waals surface area (Å²) in [6.45, 7) is 7.99. The minimum Gasteiger partial charge on any atom is -0.464 e. The number of piperidine rings is 1. The van der Waals surface area contributed by atoms with Gasteiger partial charge in [-0.1, -0.05) is 6.92 Å². The highest BCUT2D eigenvalue weighted by molar-refractivity contribution is 7.80. The lowest BCUT2D eigenvalue weighted by Crippen LogP contribution is -2.46. The molecule has 1 N–H and O–H groups in total. The topological polar surface area (TPSA) is 143 Å². The quantitative estimate of drug-likeness (QED) is 0.387. The molecule has 2 rings (SSSR count). The fourth-order valence-electron chi connectivity index (χ4n) is 3.59. The molecule has 2 heterocycles. The van der Waals surface area contributed by atoms with Crippen LogP contribution in [0.4, 0.5) is 9.59 Å². The lowest BCUT2D eigenvalue weighted by molar-refractivity contribution is -0.151. The van der Waals surface area contributed by atoms with Gasteiger partial charge < -0.3 is 19.3 Å². The van der Waals surface area contributed by atoms with Crippen molar-refractivity contribution in [2.24, 2.45) is 5.92 Å². The van der Waals surface area contributed by atoms with Gasteiger partial charge in [0.15, 0.2) is 0 Å². The molecule has 2 aliphatic heterocycles. The van der Waals surface area contributed by atoms with Gasteiger partial charge in [0.2, 0.25) is 0 Å². The minimum absolute atomic E-state index is 0.00817. The van der Waals surface area contributed by atoms with Gasteiger partial charge >= 0.3 is 28.5 Å². The third-order valence-electron chi connectivity index (χ3n) is 5.39. The fraction of sp³-hybridized carbons (Fsp3) is 0.842. The van der Waals surface area contributed by atoms with Crippen molar-refractivity contribution in [3.63, 3.8) is 0 Å². The number of hydrogen-bond donors (Lipinski definition) is 1. The highest BCUT2D eigenvalue weighted by atomic mass is 32.3. The van der Waals surface area contributed by atoms with Gasteiger partial charge in [-0.25, -0.2) is 14.4 Å². The van der Waals surface area contributed by atoms with Crippen molar-refractivity contribution in [2.45, 2.75) is 71.1 Å². The second-order valence-electron chi connectivity index (χ2n) is 9.10. The molecule has 0 aromatic rings. The molecule has 2 bridgehead atoms.